The Hall–Kier alpha value is -2.17. The van der Waals surface area contributed by atoms with Gasteiger partial charge in [-0.15, -0.1) is 0 Å². The van der Waals surface area contributed by atoms with Crippen LogP contribution in [0.25, 0.3) is 0 Å². The monoisotopic (exact) mass is 378 g/mol. The van der Waals surface area contributed by atoms with Gasteiger partial charge in [0.1, 0.15) is 0 Å². The molecule has 0 unspecified atom stereocenters. The van der Waals surface area contributed by atoms with Gasteiger partial charge < -0.3 is 14.9 Å². The number of rotatable bonds is 3. The molecule has 1 amide bonds. The SMILES string of the molecule is CN1CC[C@H](O)[C@@]2(CCCN(C(=O)C(c3ccccc3)c3ccccc3)C2)C1. The molecule has 4 heteroatoms. The summed E-state index contributed by atoms with van der Waals surface area (Å²) in [5.41, 5.74) is 1.86. The molecular formula is C24H30N2O2. The minimum atomic E-state index is -0.328. The topological polar surface area (TPSA) is 43.8 Å². The molecule has 2 aromatic rings. The van der Waals surface area contributed by atoms with Crippen LogP contribution in [-0.2, 0) is 4.79 Å². The molecule has 2 aliphatic heterocycles. The highest BCUT2D eigenvalue weighted by molar-refractivity contribution is 5.87. The molecule has 4 nitrogen and oxygen atoms in total. The number of hydrogen-bond donors (Lipinski definition) is 1. The van der Waals surface area contributed by atoms with Crippen molar-refractivity contribution in [1.29, 1.82) is 0 Å². The molecule has 0 bridgehead atoms. The minimum absolute atomic E-state index is 0.150. The van der Waals surface area contributed by atoms with E-state index in [1.165, 1.54) is 0 Å². The van der Waals surface area contributed by atoms with Gasteiger partial charge in [0.05, 0.1) is 12.0 Å². The van der Waals surface area contributed by atoms with E-state index in [-0.39, 0.29) is 23.3 Å². The van der Waals surface area contributed by atoms with Gasteiger partial charge >= 0.3 is 0 Å². The molecule has 0 aliphatic carbocycles. The van der Waals surface area contributed by atoms with E-state index < -0.39 is 0 Å². The molecule has 2 saturated heterocycles. The standard InChI is InChI=1S/C24H30N2O2/c1-25-16-13-21(27)24(17-25)14-8-15-26(18-24)23(28)22(19-9-4-2-5-10-19)20-11-6-3-7-12-20/h2-7,9-12,21-22,27H,8,13-18H2,1H3/t21-,24-/m0/s1. The summed E-state index contributed by atoms with van der Waals surface area (Å²) >= 11 is 0. The summed E-state index contributed by atoms with van der Waals surface area (Å²) in [6, 6.07) is 20.1. The number of likely N-dealkylation sites (tertiary alicyclic amines) is 2. The van der Waals surface area contributed by atoms with Crippen molar-refractivity contribution in [3.05, 3.63) is 71.8 Å². The van der Waals surface area contributed by atoms with Crippen molar-refractivity contribution in [2.75, 3.05) is 33.2 Å². The summed E-state index contributed by atoms with van der Waals surface area (Å²) in [7, 11) is 2.12. The van der Waals surface area contributed by atoms with Gasteiger partial charge in [0.15, 0.2) is 0 Å². The van der Waals surface area contributed by atoms with Crippen LogP contribution in [0.15, 0.2) is 60.7 Å². The van der Waals surface area contributed by atoms with Crippen LogP contribution in [0.2, 0.25) is 0 Å². The fraction of sp³-hybridized carbons (Fsp3) is 0.458. The van der Waals surface area contributed by atoms with Crippen molar-refractivity contribution in [1.82, 2.24) is 9.80 Å². The molecule has 0 aromatic heterocycles. The number of nitrogens with zero attached hydrogens (tertiary/aromatic N) is 2. The second kappa shape index (κ2) is 8.06. The second-order valence-electron chi connectivity index (χ2n) is 8.52. The number of amides is 1. The van der Waals surface area contributed by atoms with Gasteiger partial charge in [0.2, 0.25) is 5.91 Å². The summed E-state index contributed by atoms with van der Waals surface area (Å²) < 4.78 is 0. The van der Waals surface area contributed by atoms with Crippen molar-refractivity contribution in [2.24, 2.45) is 5.41 Å². The van der Waals surface area contributed by atoms with Gasteiger partial charge in [0.25, 0.3) is 0 Å². The first-order valence-electron chi connectivity index (χ1n) is 10.3. The van der Waals surface area contributed by atoms with E-state index in [2.05, 4.69) is 11.9 Å². The van der Waals surface area contributed by atoms with Gasteiger partial charge in [0, 0.05) is 31.6 Å². The third-order valence-corrected chi connectivity index (χ3v) is 6.51. The van der Waals surface area contributed by atoms with Crippen molar-refractivity contribution >= 4 is 5.91 Å². The zero-order valence-electron chi connectivity index (χ0n) is 16.6. The third kappa shape index (κ3) is 3.71. The number of benzene rings is 2. The largest absolute Gasteiger partial charge is 0.392 e. The molecule has 0 saturated carbocycles. The van der Waals surface area contributed by atoms with Crippen LogP contribution in [0, 0.1) is 5.41 Å². The first kappa shape index (κ1) is 19.2. The molecule has 1 spiro atoms. The van der Waals surface area contributed by atoms with Crippen LogP contribution in [0.4, 0.5) is 0 Å². The average Bonchev–Trinajstić information content (AvgIpc) is 2.73. The minimum Gasteiger partial charge on any atom is -0.392 e. The Labute approximate surface area is 167 Å². The van der Waals surface area contributed by atoms with Crippen LogP contribution in [0.3, 0.4) is 0 Å². The van der Waals surface area contributed by atoms with E-state index in [9.17, 15) is 9.90 Å². The fourth-order valence-corrected chi connectivity index (χ4v) is 5.07. The molecule has 148 valence electrons. The van der Waals surface area contributed by atoms with Gasteiger partial charge in [-0.25, -0.2) is 0 Å². The highest BCUT2D eigenvalue weighted by atomic mass is 16.3. The van der Waals surface area contributed by atoms with Crippen LogP contribution in [-0.4, -0.2) is 60.1 Å². The quantitative estimate of drug-likeness (QED) is 0.892. The summed E-state index contributed by atoms with van der Waals surface area (Å²) in [6.07, 6.45) is 2.40. The van der Waals surface area contributed by atoms with E-state index in [1.54, 1.807) is 0 Å². The smallest absolute Gasteiger partial charge is 0.234 e. The molecule has 4 rings (SSSR count). The molecule has 2 aromatic carbocycles. The van der Waals surface area contributed by atoms with E-state index in [1.807, 2.05) is 65.6 Å². The summed E-state index contributed by atoms with van der Waals surface area (Å²) in [5, 5.41) is 10.8. The summed E-state index contributed by atoms with van der Waals surface area (Å²) in [6.45, 7) is 3.20. The molecule has 2 heterocycles. The first-order chi connectivity index (χ1) is 13.6. The van der Waals surface area contributed by atoms with Gasteiger partial charge in [-0.3, -0.25) is 4.79 Å². The normalized spacial score (nSPS) is 26.0. The van der Waals surface area contributed by atoms with E-state index >= 15 is 0 Å². The van der Waals surface area contributed by atoms with Crippen LogP contribution in [0.5, 0.6) is 0 Å². The van der Waals surface area contributed by atoms with Gasteiger partial charge in [-0.05, 0) is 37.4 Å². The Morgan fingerprint density at radius 2 is 1.61 bits per heavy atom. The molecule has 1 N–H and O–H groups in total. The maximum atomic E-state index is 13.7. The van der Waals surface area contributed by atoms with Crippen molar-refractivity contribution in [3.8, 4) is 0 Å². The van der Waals surface area contributed by atoms with Crippen LogP contribution < -0.4 is 0 Å². The lowest BCUT2D eigenvalue weighted by Gasteiger charge is -2.50. The van der Waals surface area contributed by atoms with Crippen molar-refractivity contribution in [2.45, 2.75) is 31.3 Å². The lowest BCUT2D eigenvalue weighted by Crippen LogP contribution is -2.59. The average molecular weight is 379 g/mol. The highest BCUT2D eigenvalue weighted by Gasteiger charge is 2.46. The molecule has 2 fully saturated rings. The Morgan fingerprint density at radius 3 is 2.21 bits per heavy atom. The lowest BCUT2D eigenvalue weighted by atomic mass is 9.71. The van der Waals surface area contributed by atoms with Crippen LogP contribution in [0.1, 0.15) is 36.3 Å². The Morgan fingerprint density at radius 1 is 1.00 bits per heavy atom. The van der Waals surface area contributed by atoms with Crippen molar-refractivity contribution < 1.29 is 9.90 Å². The number of piperidine rings is 2. The number of hydrogen-bond acceptors (Lipinski definition) is 3. The molecule has 2 aliphatic rings. The summed E-state index contributed by atoms with van der Waals surface area (Å²) in [4.78, 5) is 18.1. The lowest BCUT2D eigenvalue weighted by molar-refractivity contribution is -0.141. The van der Waals surface area contributed by atoms with Crippen LogP contribution >= 0.6 is 0 Å². The zero-order chi connectivity index (χ0) is 19.6. The fourth-order valence-electron chi connectivity index (χ4n) is 5.07. The third-order valence-electron chi connectivity index (χ3n) is 6.51. The van der Waals surface area contributed by atoms with Crippen molar-refractivity contribution in [3.63, 3.8) is 0 Å². The Kier molecular flexibility index (Phi) is 5.51. The molecule has 0 radical (unpaired) electrons. The van der Waals surface area contributed by atoms with E-state index in [0.29, 0.717) is 6.54 Å². The Bertz CT molecular complexity index is 755. The number of aliphatic hydroxyl groups is 1. The first-order valence-corrected chi connectivity index (χ1v) is 10.3. The van der Waals surface area contributed by atoms with Gasteiger partial charge in [-0.1, -0.05) is 60.7 Å². The van der Waals surface area contributed by atoms with Gasteiger partial charge in [-0.2, -0.15) is 0 Å². The molecule has 28 heavy (non-hydrogen) atoms. The maximum absolute atomic E-state index is 13.7. The number of aliphatic hydroxyl groups excluding tert-OH is 1. The molecular weight excluding hydrogens is 348 g/mol. The zero-order valence-corrected chi connectivity index (χ0v) is 16.6. The van der Waals surface area contributed by atoms with E-state index in [4.69, 9.17) is 0 Å². The van der Waals surface area contributed by atoms with E-state index in [0.717, 1.165) is 50.0 Å². The predicted molar refractivity (Wildman–Crippen MR) is 111 cm³/mol. The highest BCUT2D eigenvalue weighted by Crippen LogP contribution is 2.40. The second-order valence-corrected chi connectivity index (χ2v) is 8.52. The maximum Gasteiger partial charge on any atom is 0.234 e. The predicted octanol–water partition coefficient (Wildman–Crippen LogP) is 3.12. The number of carbonyl (C=O) groups is 1. The molecule has 2 atom stereocenters. The summed E-state index contributed by atoms with van der Waals surface area (Å²) in [5.74, 6) is -0.145. The Balaban J connectivity index is 1.63. The number of carbonyl (C=O) groups excluding carboxylic acids is 1.